The van der Waals surface area contributed by atoms with Gasteiger partial charge in [0.25, 0.3) is 0 Å². The van der Waals surface area contributed by atoms with Crippen LogP contribution in [0.3, 0.4) is 0 Å². The van der Waals surface area contributed by atoms with Gasteiger partial charge in [0, 0.05) is 18.0 Å². The van der Waals surface area contributed by atoms with Crippen LogP contribution < -0.4 is 14.4 Å². The van der Waals surface area contributed by atoms with Crippen LogP contribution in [0.25, 0.3) is 0 Å². The Morgan fingerprint density at radius 3 is 2.52 bits per heavy atom. The van der Waals surface area contributed by atoms with Crippen molar-refractivity contribution in [2.45, 2.75) is 46.6 Å². The molecule has 0 aliphatic heterocycles. The van der Waals surface area contributed by atoms with Gasteiger partial charge in [0.15, 0.2) is 0 Å². The number of nitrogens with one attached hydrogen (secondary N) is 1. The number of aryl methyl sites for hydroxylation is 2. The summed E-state index contributed by atoms with van der Waals surface area (Å²) in [6, 6.07) is 10.9. The molecule has 0 aliphatic rings. The Labute approximate surface area is 190 Å². The van der Waals surface area contributed by atoms with Crippen LogP contribution in [-0.4, -0.2) is 39.8 Å². The molecule has 0 spiro atoms. The smallest absolute Gasteiger partial charge is 0.232 e. The first-order valence-corrected chi connectivity index (χ1v) is 12.4. The molecular weight excluding hydrogens is 436 g/mol. The average molecular weight is 467 g/mol. The molecule has 0 fully saturated rings. The Bertz CT molecular complexity index is 1020. The fraction of sp³-hybridized carbons (Fsp3) is 0.435. The highest BCUT2D eigenvalue weighted by Gasteiger charge is 2.20. The summed E-state index contributed by atoms with van der Waals surface area (Å²) in [5.74, 6) is 0.623. The Kier molecular flexibility index (Phi) is 8.77. The van der Waals surface area contributed by atoms with E-state index in [0.717, 1.165) is 17.6 Å². The molecule has 0 bridgehead atoms. The predicted octanol–water partition coefficient (Wildman–Crippen LogP) is 4.40. The van der Waals surface area contributed by atoms with Crippen molar-refractivity contribution >= 4 is 33.2 Å². The van der Waals surface area contributed by atoms with Crippen molar-refractivity contribution in [1.82, 2.24) is 5.32 Å². The van der Waals surface area contributed by atoms with Crippen LogP contribution in [0, 0.1) is 20.8 Å². The molecule has 31 heavy (non-hydrogen) atoms. The largest absolute Gasteiger partial charge is 0.491 e. The number of sulfonamides is 1. The van der Waals surface area contributed by atoms with Crippen molar-refractivity contribution in [3.05, 3.63) is 58.1 Å². The van der Waals surface area contributed by atoms with Crippen LogP contribution in [0.15, 0.2) is 36.4 Å². The SMILES string of the molecule is Cc1ccc(OC[C@@H](C)NC(=O)CCCN(c2cccc(Cl)c2C)S(C)(=O)=O)cc1C. The van der Waals surface area contributed by atoms with Gasteiger partial charge in [0.2, 0.25) is 15.9 Å². The molecule has 1 amide bonds. The van der Waals surface area contributed by atoms with E-state index in [9.17, 15) is 13.2 Å². The van der Waals surface area contributed by atoms with Crippen LogP contribution in [0.4, 0.5) is 5.69 Å². The van der Waals surface area contributed by atoms with Crippen molar-refractivity contribution in [3.63, 3.8) is 0 Å². The van der Waals surface area contributed by atoms with E-state index in [4.69, 9.17) is 16.3 Å². The minimum atomic E-state index is -3.50. The van der Waals surface area contributed by atoms with Crippen LogP contribution >= 0.6 is 11.6 Å². The summed E-state index contributed by atoms with van der Waals surface area (Å²) in [6.07, 6.45) is 1.74. The van der Waals surface area contributed by atoms with E-state index in [0.29, 0.717) is 29.3 Å². The monoisotopic (exact) mass is 466 g/mol. The van der Waals surface area contributed by atoms with Gasteiger partial charge in [0.05, 0.1) is 18.0 Å². The number of hydrogen-bond acceptors (Lipinski definition) is 4. The number of benzene rings is 2. The zero-order valence-electron chi connectivity index (χ0n) is 18.7. The van der Waals surface area contributed by atoms with E-state index in [1.807, 2.05) is 39.0 Å². The number of hydrogen-bond donors (Lipinski definition) is 1. The molecule has 0 heterocycles. The maximum Gasteiger partial charge on any atom is 0.232 e. The predicted molar refractivity (Wildman–Crippen MR) is 127 cm³/mol. The number of carbonyl (C=O) groups is 1. The molecule has 2 rings (SSSR count). The van der Waals surface area contributed by atoms with Gasteiger partial charge in [-0.25, -0.2) is 8.42 Å². The molecule has 0 unspecified atom stereocenters. The molecule has 0 radical (unpaired) electrons. The summed E-state index contributed by atoms with van der Waals surface area (Å²) in [4.78, 5) is 12.3. The minimum absolute atomic E-state index is 0.146. The zero-order chi connectivity index (χ0) is 23.2. The first-order valence-electron chi connectivity index (χ1n) is 10.2. The fourth-order valence-electron chi connectivity index (χ4n) is 3.13. The first kappa shape index (κ1) is 25.0. The molecule has 2 aromatic rings. The normalized spacial score (nSPS) is 12.3. The summed E-state index contributed by atoms with van der Waals surface area (Å²) in [5.41, 5.74) is 3.58. The highest BCUT2D eigenvalue weighted by molar-refractivity contribution is 7.92. The highest BCUT2D eigenvalue weighted by Crippen LogP contribution is 2.28. The van der Waals surface area contributed by atoms with Gasteiger partial charge >= 0.3 is 0 Å². The van der Waals surface area contributed by atoms with Crippen molar-refractivity contribution in [2.24, 2.45) is 0 Å². The Morgan fingerprint density at radius 1 is 1.16 bits per heavy atom. The third-order valence-electron chi connectivity index (χ3n) is 5.06. The summed E-state index contributed by atoms with van der Waals surface area (Å²) in [6.45, 7) is 8.27. The van der Waals surface area contributed by atoms with E-state index in [1.165, 1.54) is 9.87 Å². The van der Waals surface area contributed by atoms with Crippen LogP contribution in [-0.2, 0) is 14.8 Å². The molecule has 2 aromatic carbocycles. The number of amides is 1. The molecule has 0 saturated carbocycles. The van der Waals surface area contributed by atoms with Gasteiger partial charge in [-0.1, -0.05) is 23.7 Å². The molecule has 0 aliphatic carbocycles. The minimum Gasteiger partial charge on any atom is -0.491 e. The second-order valence-corrected chi connectivity index (χ2v) is 10.2. The molecule has 8 heteroatoms. The van der Waals surface area contributed by atoms with E-state index in [-0.39, 0.29) is 24.9 Å². The van der Waals surface area contributed by atoms with Gasteiger partial charge in [0.1, 0.15) is 12.4 Å². The molecule has 170 valence electrons. The quantitative estimate of drug-likeness (QED) is 0.563. The van der Waals surface area contributed by atoms with Gasteiger partial charge in [-0.15, -0.1) is 0 Å². The zero-order valence-corrected chi connectivity index (χ0v) is 20.3. The number of ether oxygens (including phenoxy) is 1. The second-order valence-electron chi connectivity index (χ2n) is 7.85. The Balaban J connectivity index is 1.86. The fourth-order valence-corrected chi connectivity index (χ4v) is 4.31. The maximum absolute atomic E-state index is 12.3. The lowest BCUT2D eigenvalue weighted by molar-refractivity contribution is -0.121. The van der Waals surface area contributed by atoms with Crippen molar-refractivity contribution < 1.29 is 17.9 Å². The van der Waals surface area contributed by atoms with Gasteiger partial charge in [-0.2, -0.15) is 0 Å². The molecule has 0 saturated heterocycles. The van der Waals surface area contributed by atoms with Crippen LogP contribution in [0.5, 0.6) is 5.75 Å². The van der Waals surface area contributed by atoms with E-state index >= 15 is 0 Å². The average Bonchev–Trinajstić information content (AvgIpc) is 2.68. The third-order valence-corrected chi connectivity index (χ3v) is 6.65. The number of nitrogens with zero attached hydrogens (tertiary/aromatic N) is 1. The lowest BCUT2D eigenvalue weighted by Gasteiger charge is -2.24. The van der Waals surface area contributed by atoms with Gasteiger partial charge < -0.3 is 10.1 Å². The Hall–Kier alpha value is -2.25. The van der Waals surface area contributed by atoms with E-state index < -0.39 is 10.0 Å². The molecule has 1 atom stereocenters. The number of anilines is 1. The lowest BCUT2D eigenvalue weighted by Crippen LogP contribution is -2.37. The lowest BCUT2D eigenvalue weighted by atomic mass is 10.1. The van der Waals surface area contributed by atoms with Crippen LogP contribution in [0.1, 0.15) is 36.5 Å². The van der Waals surface area contributed by atoms with E-state index in [1.54, 1.807) is 25.1 Å². The summed E-state index contributed by atoms with van der Waals surface area (Å²) in [5, 5.41) is 3.40. The van der Waals surface area contributed by atoms with Crippen molar-refractivity contribution in [1.29, 1.82) is 0 Å². The topological polar surface area (TPSA) is 75.7 Å². The highest BCUT2D eigenvalue weighted by atomic mass is 35.5. The van der Waals surface area contributed by atoms with Gasteiger partial charge in [-0.3, -0.25) is 9.10 Å². The molecular formula is C23H31ClN2O4S. The summed E-state index contributed by atoms with van der Waals surface area (Å²) < 4.78 is 31.6. The first-order chi connectivity index (χ1) is 14.5. The van der Waals surface area contributed by atoms with Gasteiger partial charge in [-0.05, 0) is 75.1 Å². The standard InChI is InChI=1S/C23H31ClN2O4S/c1-16-11-12-20(14-17(16)2)30-15-18(3)25-23(27)10-7-13-26(31(5,28)29)22-9-6-8-21(24)19(22)4/h6,8-9,11-12,14,18H,7,10,13,15H2,1-5H3,(H,25,27)/t18-/m1/s1. The number of carbonyl (C=O) groups excluding carboxylic acids is 1. The second kappa shape index (κ2) is 10.9. The third kappa shape index (κ3) is 7.43. The van der Waals surface area contributed by atoms with Crippen molar-refractivity contribution in [3.8, 4) is 5.75 Å². The molecule has 6 nitrogen and oxygen atoms in total. The molecule has 0 aromatic heterocycles. The summed E-state index contributed by atoms with van der Waals surface area (Å²) >= 11 is 6.14. The van der Waals surface area contributed by atoms with E-state index in [2.05, 4.69) is 5.32 Å². The van der Waals surface area contributed by atoms with Crippen molar-refractivity contribution in [2.75, 3.05) is 23.7 Å². The molecule has 1 N–H and O–H groups in total. The Morgan fingerprint density at radius 2 is 1.87 bits per heavy atom. The number of halogens is 1. The number of rotatable bonds is 10. The maximum atomic E-state index is 12.3. The summed E-state index contributed by atoms with van der Waals surface area (Å²) in [7, 11) is -3.50. The van der Waals surface area contributed by atoms with Crippen LogP contribution in [0.2, 0.25) is 5.02 Å².